The normalized spacial score (nSPS) is 15.0. The molecule has 1 aromatic rings. The third-order valence-corrected chi connectivity index (χ3v) is 4.40. The molecule has 1 N–H and O–H groups in total. The molecule has 1 saturated carbocycles. The van der Waals surface area contributed by atoms with Crippen LogP contribution in [0.3, 0.4) is 0 Å². The fraction of sp³-hybridized carbons (Fsp3) is 0.462. The van der Waals surface area contributed by atoms with Gasteiger partial charge in [0.05, 0.1) is 17.1 Å². The topological polar surface area (TPSA) is 72.5 Å². The molecule has 1 amide bonds. The van der Waals surface area contributed by atoms with E-state index in [1.165, 1.54) is 12.8 Å². The first-order valence-corrected chi connectivity index (χ1v) is 8.79. The van der Waals surface area contributed by atoms with Crippen molar-refractivity contribution in [3.63, 3.8) is 0 Å². The van der Waals surface area contributed by atoms with Gasteiger partial charge in [-0.05, 0) is 37.0 Å². The summed E-state index contributed by atoms with van der Waals surface area (Å²) in [4.78, 5) is 11.5. The molecule has 8 heteroatoms. The van der Waals surface area contributed by atoms with Gasteiger partial charge in [-0.15, -0.1) is 0 Å². The number of hydrogen-bond acceptors (Lipinski definition) is 4. The number of amides is 1. The molecule has 2 rings (SSSR count). The van der Waals surface area contributed by atoms with Crippen molar-refractivity contribution < 1.29 is 22.3 Å². The van der Waals surface area contributed by atoms with Crippen molar-refractivity contribution in [3.8, 4) is 0 Å². The van der Waals surface area contributed by atoms with E-state index in [0.29, 0.717) is 19.1 Å². The third-order valence-electron chi connectivity index (χ3n) is 3.05. The lowest BCUT2D eigenvalue weighted by molar-refractivity contribution is 0.0902. The second kappa shape index (κ2) is 6.72. The molecule has 0 bridgehead atoms. The van der Waals surface area contributed by atoms with Crippen molar-refractivity contribution >= 4 is 25.6 Å². The van der Waals surface area contributed by atoms with Gasteiger partial charge in [-0.3, -0.25) is 4.79 Å². The Morgan fingerprint density at radius 1 is 1.43 bits per heavy atom. The number of halogens is 2. The number of carbonyl (C=O) groups is 1. The maximum absolute atomic E-state index is 13.6. The summed E-state index contributed by atoms with van der Waals surface area (Å²) in [6, 6.07) is 2.82. The summed E-state index contributed by atoms with van der Waals surface area (Å²) < 4.78 is 41.3. The molecule has 1 aromatic carbocycles. The molecule has 0 aliphatic heterocycles. The van der Waals surface area contributed by atoms with E-state index in [2.05, 4.69) is 5.32 Å². The molecular weight excluding hydrogens is 321 g/mol. The van der Waals surface area contributed by atoms with Gasteiger partial charge in [-0.1, -0.05) is 0 Å². The molecule has 0 unspecified atom stereocenters. The zero-order chi connectivity index (χ0) is 15.5. The van der Waals surface area contributed by atoms with Crippen LogP contribution in [0.15, 0.2) is 23.1 Å². The van der Waals surface area contributed by atoms with Gasteiger partial charge in [-0.25, -0.2) is 12.8 Å². The molecule has 1 fully saturated rings. The van der Waals surface area contributed by atoms with Crippen LogP contribution < -0.4 is 5.32 Å². The van der Waals surface area contributed by atoms with Gasteiger partial charge < -0.3 is 10.1 Å². The summed E-state index contributed by atoms with van der Waals surface area (Å²) in [6.07, 6.45) is 2.36. The highest BCUT2D eigenvalue weighted by molar-refractivity contribution is 8.13. The second-order valence-electron chi connectivity index (χ2n) is 4.85. The highest BCUT2D eigenvalue weighted by Crippen LogP contribution is 2.28. The lowest BCUT2D eigenvalue weighted by Crippen LogP contribution is -2.28. The minimum atomic E-state index is -4.01. The highest BCUT2D eigenvalue weighted by Gasteiger charge is 2.21. The Balaban J connectivity index is 1.91. The lowest BCUT2D eigenvalue weighted by atomic mass is 10.2. The van der Waals surface area contributed by atoms with Crippen LogP contribution >= 0.6 is 10.7 Å². The molecule has 0 radical (unpaired) electrons. The van der Waals surface area contributed by atoms with Gasteiger partial charge in [0.15, 0.2) is 0 Å². The van der Waals surface area contributed by atoms with Gasteiger partial charge in [0.25, 0.3) is 15.0 Å². The van der Waals surface area contributed by atoms with Crippen molar-refractivity contribution in [2.45, 2.75) is 17.7 Å². The molecule has 0 saturated heterocycles. The predicted octanol–water partition coefficient (Wildman–Crippen LogP) is 1.91. The molecule has 1 aliphatic rings. The van der Waals surface area contributed by atoms with E-state index in [9.17, 15) is 17.6 Å². The Morgan fingerprint density at radius 3 is 2.76 bits per heavy atom. The fourth-order valence-corrected chi connectivity index (χ4v) is 2.47. The Morgan fingerprint density at radius 2 is 2.14 bits per heavy atom. The quantitative estimate of drug-likeness (QED) is 0.610. The molecular formula is C13H15ClFNO4S. The fourth-order valence-electron chi connectivity index (χ4n) is 1.70. The Kier molecular flexibility index (Phi) is 5.18. The molecule has 0 spiro atoms. The smallest absolute Gasteiger partial charge is 0.261 e. The largest absolute Gasteiger partial charge is 0.379 e. The van der Waals surface area contributed by atoms with Crippen LogP contribution in [-0.4, -0.2) is 34.1 Å². The molecule has 5 nitrogen and oxygen atoms in total. The average molecular weight is 336 g/mol. The van der Waals surface area contributed by atoms with Crippen molar-refractivity contribution in [1.82, 2.24) is 5.32 Å². The molecule has 0 heterocycles. The second-order valence-corrected chi connectivity index (χ2v) is 7.42. The zero-order valence-corrected chi connectivity index (χ0v) is 12.7. The number of nitrogens with one attached hydrogen (secondary N) is 1. The van der Waals surface area contributed by atoms with Gasteiger partial charge >= 0.3 is 0 Å². The lowest BCUT2D eigenvalue weighted by Gasteiger charge is -2.07. The van der Waals surface area contributed by atoms with E-state index < -0.39 is 20.8 Å². The Labute approximate surface area is 126 Å². The van der Waals surface area contributed by atoms with E-state index in [0.717, 1.165) is 18.2 Å². The maximum Gasteiger partial charge on any atom is 0.261 e. The maximum atomic E-state index is 13.6. The zero-order valence-electron chi connectivity index (χ0n) is 11.1. The van der Waals surface area contributed by atoms with Gasteiger partial charge in [0.2, 0.25) is 0 Å². The summed E-state index contributed by atoms with van der Waals surface area (Å²) >= 11 is 0. The van der Waals surface area contributed by atoms with Crippen molar-refractivity contribution in [2.24, 2.45) is 5.92 Å². The summed E-state index contributed by atoms with van der Waals surface area (Å²) in [6.45, 7) is 1.23. The van der Waals surface area contributed by atoms with E-state index >= 15 is 0 Å². The standard InChI is InChI=1S/C13H15ClFNO4S/c14-21(18,19)10-3-4-12(15)11(7-10)13(17)16-5-6-20-8-9-1-2-9/h3-4,7,9H,1-2,5-6,8H2,(H,16,17). The summed E-state index contributed by atoms with van der Waals surface area (Å²) in [5.41, 5.74) is -0.362. The number of rotatable bonds is 7. The van der Waals surface area contributed by atoms with E-state index in [1.807, 2.05) is 0 Å². The number of benzene rings is 1. The van der Waals surface area contributed by atoms with Crippen LogP contribution in [0.1, 0.15) is 23.2 Å². The summed E-state index contributed by atoms with van der Waals surface area (Å²) in [7, 11) is 1.16. The van der Waals surface area contributed by atoms with Gasteiger partial charge in [0, 0.05) is 23.8 Å². The molecule has 0 atom stereocenters. The Bertz CT molecular complexity index is 631. The first kappa shape index (κ1) is 16.2. The molecule has 116 valence electrons. The van der Waals surface area contributed by atoms with Crippen molar-refractivity contribution in [1.29, 1.82) is 0 Å². The number of ether oxygens (including phenoxy) is 1. The van der Waals surface area contributed by atoms with Crippen LogP contribution in [-0.2, 0) is 13.8 Å². The predicted molar refractivity (Wildman–Crippen MR) is 75.3 cm³/mol. The van der Waals surface area contributed by atoms with E-state index in [4.69, 9.17) is 15.4 Å². The molecule has 21 heavy (non-hydrogen) atoms. The number of hydrogen-bond donors (Lipinski definition) is 1. The SMILES string of the molecule is O=C(NCCOCC1CC1)c1cc(S(=O)(=O)Cl)ccc1F. The van der Waals surface area contributed by atoms with Crippen LogP contribution in [0.25, 0.3) is 0 Å². The van der Waals surface area contributed by atoms with E-state index in [1.54, 1.807) is 0 Å². The van der Waals surface area contributed by atoms with Crippen molar-refractivity contribution in [3.05, 3.63) is 29.6 Å². The van der Waals surface area contributed by atoms with Crippen LogP contribution in [0.2, 0.25) is 0 Å². The monoisotopic (exact) mass is 335 g/mol. The summed E-state index contributed by atoms with van der Waals surface area (Å²) in [5.74, 6) is -0.885. The van der Waals surface area contributed by atoms with Crippen LogP contribution in [0, 0.1) is 11.7 Å². The highest BCUT2D eigenvalue weighted by atomic mass is 35.7. The van der Waals surface area contributed by atoms with Crippen LogP contribution in [0.4, 0.5) is 4.39 Å². The van der Waals surface area contributed by atoms with Gasteiger partial charge in [0.1, 0.15) is 5.82 Å². The number of carbonyl (C=O) groups excluding carboxylic acids is 1. The third kappa shape index (κ3) is 4.94. The van der Waals surface area contributed by atoms with Crippen molar-refractivity contribution in [2.75, 3.05) is 19.8 Å². The Hall–Kier alpha value is -1.18. The first-order chi connectivity index (χ1) is 9.88. The first-order valence-electron chi connectivity index (χ1n) is 6.48. The molecule has 0 aromatic heterocycles. The van der Waals surface area contributed by atoms with Gasteiger partial charge in [-0.2, -0.15) is 0 Å². The molecule has 1 aliphatic carbocycles. The van der Waals surface area contributed by atoms with E-state index in [-0.39, 0.29) is 17.0 Å². The minimum Gasteiger partial charge on any atom is -0.379 e. The average Bonchev–Trinajstić information content (AvgIpc) is 3.21. The van der Waals surface area contributed by atoms with Crippen LogP contribution in [0.5, 0.6) is 0 Å². The summed E-state index contributed by atoms with van der Waals surface area (Å²) in [5, 5.41) is 2.47. The minimum absolute atomic E-state index is 0.225.